The smallest absolute Gasteiger partial charge is 0.289 e. The number of benzene rings is 1. The summed E-state index contributed by atoms with van der Waals surface area (Å²) in [4.78, 5) is 25.8. The lowest BCUT2D eigenvalue weighted by Gasteiger charge is -2.17. The Bertz CT molecular complexity index is 1410. The number of rotatable bonds is 2. The van der Waals surface area contributed by atoms with Crippen molar-refractivity contribution in [3.05, 3.63) is 46.6 Å². The van der Waals surface area contributed by atoms with Gasteiger partial charge >= 0.3 is 0 Å². The Morgan fingerprint density at radius 3 is 3.03 bits per heavy atom. The van der Waals surface area contributed by atoms with Crippen molar-refractivity contribution in [1.29, 1.82) is 0 Å². The van der Waals surface area contributed by atoms with E-state index in [0.29, 0.717) is 29.6 Å². The maximum atomic E-state index is 12.5. The largest absolute Gasteiger partial charge is 0.449 e. The van der Waals surface area contributed by atoms with E-state index in [1.165, 1.54) is 0 Å². The molecule has 0 radical (unpaired) electrons. The number of hydrogen-bond acceptors (Lipinski definition) is 8. The molecule has 10 heteroatoms. The van der Waals surface area contributed by atoms with E-state index in [1.807, 2.05) is 36.9 Å². The van der Waals surface area contributed by atoms with Crippen molar-refractivity contribution in [2.24, 2.45) is 0 Å². The number of carbonyl (C=O) groups excluding carboxylic acids is 1. The lowest BCUT2D eigenvalue weighted by atomic mass is 10.1. The third-order valence-electron chi connectivity index (χ3n) is 5.62. The van der Waals surface area contributed by atoms with Crippen LogP contribution < -0.4 is 15.4 Å². The number of halogens is 1. The van der Waals surface area contributed by atoms with Crippen LogP contribution in [0.25, 0.3) is 21.9 Å². The Hall–Kier alpha value is -3.04. The molecule has 0 bridgehead atoms. The van der Waals surface area contributed by atoms with Gasteiger partial charge in [-0.1, -0.05) is 0 Å². The van der Waals surface area contributed by atoms with Crippen molar-refractivity contribution in [2.75, 3.05) is 17.6 Å². The summed E-state index contributed by atoms with van der Waals surface area (Å²) in [5, 5.41) is 8.14. The van der Waals surface area contributed by atoms with E-state index in [9.17, 15) is 4.79 Å². The molecule has 8 nitrogen and oxygen atoms in total. The van der Waals surface area contributed by atoms with Crippen LogP contribution in [0.3, 0.4) is 0 Å². The molecule has 0 fully saturated rings. The number of nitrogens with one attached hydrogen (secondary N) is 2. The third-order valence-corrected chi connectivity index (χ3v) is 6.78. The molecule has 0 spiro atoms. The van der Waals surface area contributed by atoms with Gasteiger partial charge in [0.1, 0.15) is 5.58 Å². The fourth-order valence-electron chi connectivity index (χ4n) is 4.12. The van der Waals surface area contributed by atoms with Gasteiger partial charge in [-0.25, -0.2) is 9.97 Å². The summed E-state index contributed by atoms with van der Waals surface area (Å²) in [5.74, 6) is 2.71. The second-order valence-corrected chi connectivity index (χ2v) is 9.29. The number of hydrogen-bond donors (Lipinski definition) is 2. The van der Waals surface area contributed by atoms with Gasteiger partial charge in [-0.15, -0.1) is 0 Å². The van der Waals surface area contributed by atoms with Gasteiger partial charge in [-0.05, 0) is 48.9 Å². The lowest BCUT2D eigenvalue weighted by molar-refractivity contribution is 0.0920. The van der Waals surface area contributed by atoms with Crippen molar-refractivity contribution in [3.8, 4) is 11.8 Å². The quantitative estimate of drug-likeness (QED) is 0.414. The van der Waals surface area contributed by atoms with Gasteiger partial charge in [0.25, 0.3) is 5.91 Å². The summed E-state index contributed by atoms with van der Waals surface area (Å²) in [7, 11) is 0. The summed E-state index contributed by atoms with van der Waals surface area (Å²) in [6, 6.07) is 7.39. The fourth-order valence-corrected chi connectivity index (χ4v) is 5.28. The Kier molecular flexibility index (Phi) is 4.62. The molecule has 1 atom stereocenters. The number of nitrogens with zero attached hydrogens (tertiary/aromatic N) is 3. The highest BCUT2D eigenvalue weighted by atomic mass is 35.5. The molecule has 2 aliphatic heterocycles. The number of pyridine rings is 1. The van der Waals surface area contributed by atoms with Gasteiger partial charge < -0.3 is 19.8 Å². The number of aryl methyl sites for hydroxylation is 1. The number of thioether (sulfide) groups is 1. The van der Waals surface area contributed by atoms with Crippen LogP contribution in [0.2, 0.25) is 5.28 Å². The molecule has 3 aromatic heterocycles. The summed E-state index contributed by atoms with van der Waals surface area (Å²) in [5.41, 5.74) is 3.94. The van der Waals surface area contributed by atoms with Crippen LogP contribution in [-0.4, -0.2) is 39.2 Å². The van der Waals surface area contributed by atoms with Crippen molar-refractivity contribution in [2.45, 2.75) is 25.1 Å². The zero-order valence-corrected chi connectivity index (χ0v) is 18.6. The van der Waals surface area contributed by atoms with E-state index >= 15 is 0 Å². The molecule has 162 valence electrons. The lowest BCUT2D eigenvalue weighted by Crippen LogP contribution is -2.34. The van der Waals surface area contributed by atoms with Gasteiger partial charge in [0.2, 0.25) is 22.8 Å². The average molecular weight is 468 g/mol. The number of ether oxygens (including phenoxy) is 1. The maximum Gasteiger partial charge on any atom is 0.289 e. The minimum absolute atomic E-state index is 0.00275. The van der Waals surface area contributed by atoms with Crippen LogP contribution >= 0.6 is 23.4 Å². The monoisotopic (exact) mass is 467 g/mol. The number of amides is 1. The summed E-state index contributed by atoms with van der Waals surface area (Å²) in [6.07, 6.45) is 0.840. The Labute approximate surface area is 192 Å². The van der Waals surface area contributed by atoms with Crippen LogP contribution in [0.4, 0.5) is 5.69 Å². The Balaban J connectivity index is 1.44. The van der Waals surface area contributed by atoms with Crippen LogP contribution in [0.1, 0.15) is 28.7 Å². The van der Waals surface area contributed by atoms with E-state index in [1.54, 1.807) is 6.07 Å². The highest BCUT2D eigenvalue weighted by Gasteiger charge is 2.27. The molecule has 5 heterocycles. The molecule has 6 rings (SSSR count). The van der Waals surface area contributed by atoms with Gasteiger partial charge in [-0.3, -0.25) is 4.79 Å². The summed E-state index contributed by atoms with van der Waals surface area (Å²) >= 11 is 7.93. The minimum atomic E-state index is -0.224. The van der Waals surface area contributed by atoms with E-state index in [-0.39, 0.29) is 23.0 Å². The minimum Gasteiger partial charge on any atom is -0.449 e. The molecule has 4 aromatic rings. The van der Waals surface area contributed by atoms with E-state index in [4.69, 9.17) is 20.8 Å². The van der Waals surface area contributed by atoms with Gasteiger partial charge in [0.15, 0.2) is 0 Å². The van der Waals surface area contributed by atoms with Crippen LogP contribution in [0, 0.1) is 0 Å². The van der Waals surface area contributed by atoms with Gasteiger partial charge in [-0.2, -0.15) is 16.7 Å². The first kappa shape index (κ1) is 19.6. The summed E-state index contributed by atoms with van der Waals surface area (Å²) in [6.45, 7) is 2.55. The molecule has 1 amide bonds. The fraction of sp³-hybridized carbons (Fsp3) is 0.273. The molecular weight excluding hydrogens is 450 g/mol. The van der Waals surface area contributed by atoms with E-state index in [2.05, 4.69) is 25.6 Å². The average Bonchev–Trinajstić information content (AvgIpc) is 3.10. The molecular formula is C22H18ClN5O3S. The second-order valence-electron chi connectivity index (χ2n) is 7.84. The molecule has 1 aromatic carbocycles. The van der Waals surface area contributed by atoms with Crippen LogP contribution in [0.15, 0.2) is 28.7 Å². The van der Waals surface area contributed by atoms with E-state index < -0.39 is 0 Å². The SMILES string of the molecule is C[C@@H]1CNc2c(oc3ccc4nc(Oc5nc(Cl)nc6c5CSCC6)ccc4c23)C(=O)N1. The van der Waals surface area contributed by atoms with Crippen molar-refractivity contribution in [1.82, 2.24) is 20.3 Å². The predicted octanol–water partition coefficient (Wildman–Crippen LogP) is 4.55. The first-order valence-electron chi connectivity index (χ1n) is 10.3. The number of furan rings is 1. The topological polar surface area (TPSA) is 102 Å². The first-order chi connectivity index (χ1) is 15.6. The zero-order valence-electron chi connectivity index (χ0n) is 17.1. The molecule has 2 N–H and O–H groups in total. The van der Waals surface area contributed by atoms with Gasteiger partial charge in [0.05, 0.1) is 22.3 Å². The predicted molar refractivity (Wildman–Crippen MR) is 124 cm³/mol. The molecule has 0 aliphatic carbocycles. The first-order valence-corrected chi connectivity index (χ1v) is 11.8. The third kappa shape index (κ3) is 3.23. The molecule has 32 heavy (non-hydrogen) atoms. The number of aromatic nitrogens is 3. The second kappa shape index (κ2) is 7.53. The zero-order chi connectivity index (χ0) is 21.8. The molecule has 0 unspecified atom stereocenters. The van der Waals surface area contributed by atoms with E-state index in [0.717, 1.165) is 45.5 Å². The molecule has 2 aliphatic rings. The molecule has 0 saturated heterocycles. The number of carbonyl (C=O) groups is 1. The van der Waals surface area contributed by atoms with Gasteiger partial charge in [0, 0.05) is 35.4 Å². The normalized spacial score (nSPS) is 17.9. The number of anilines is 1. The Morgan fingerprint density at radius 1 is 1.22 bits per heavy atom. The van der Waals surface area contributed by atoms with Crippen molar-refractivity contribution in [3.63, 3.8) is 0 Å². The molecule has 0 saturated carbocycles. The van der Waals surface area contributed by atoms with Crippen LogP contribution in [-0.2, 0) is 12.2 Å². The summed E-state index contributed by atoms with van der Waals surface area (Å²) < 4.78 is 11.9. The number of fused-ring (bicyclic) bond motifs is 6. The standard InChI is InChI=1S/C22H18ClN5O3S/c1-10-8-24-18-17-11-2-5-16(26-13(11)3-4-15(17)30-19(18)20(29)25-10)31-21-12-9-32-7-6-14(12)27-22(23)28-21/h2-5,10,24H,6-9H2,1H3,(H,25,29)/t10-/m1/s1. The van der Waals surface area contributed by atoms with Crippen molar-refractivity contribution >= 4 is 56.8 Å². The highest BCUT2D eigenvalue weighted by Crippen LogP contribution is 2.38. The van der Waals surface area contributed by atoms with Crippen molar-refractivity contribution < 1.29 is 13.9 Å². The Morgan fingerprint density at radius 2 is 2.12 bits per heavy atom. The highest BCUT2D eigenvalue weighted by molar-refractivity contribution is 7.98. The maximum absolute atomic E-state index is 12.5. The van der Waals surface area contributed by atoms with Crippen LogP contribution in [0.5, 0.6) is 11.8 Å².